The second kappa shape index (κ2) is 7.53. The summed E-state index contributed by atoms with van der Waals surface area (Å²) in [4.78, 5) is 26.1. The third-order valence-electron chi connectivity index (χ3n) is 3.65. The number of cyclic esters (lactones) is 1. The predicted molar refractivity (Wildman–Crippen MR) is 96.6 cm³/mol. The van der Waals surface area contributed by atoms with Crippen LogP contribution in [0.3, 0.4) is 0 Å². The van der Waals surface area contributed by atoms with Crippen molar-refractivity contribution in [2.24, 2.45) is 0 Å². The van der Waals surface area contributed by atoms with Gasteiger partial charge in [0.2, 0.25) is 6.23 Å². The van der Waals surface area contributed by atoms with Gasteiger partial charge in [-0.15, -0.1) is 0 Å². The lowest BCUT2D eigenvalue weighted by Gasteiger charge is -2.36. The molecule has 3 rings (SSSR count). The van der Waals surface area contributed by atoms with E-state index in [1.165, 1.54) is 6.08 Å². The summed E-state index contributed by atoms with van der Waals surface area (Å²) in [5.41, 5.74) is 1.62. The van der Waals surface area contributed by atoms with Crippen molar-refractivity contribution in [3.63, 3.8) is 0 Å². The smallest absolute Gasteiger partial charge is 0.355 e. The second-order valence-electron chi connectivity index (χ2n) is 5.30. The molecule has 1 unspecified atom stereocenters. The molecule has 0 amide bonds. The summed E-state index contributed by atoms with van der Waals surface area (Å²) in [5.74, 6) is -1.15. The van der Waals surface area contributed by atoms with Crippen LogP contribution < -0.4 is 4.90 Å². The maximum atomic E-state index is 12.4. The van der Waals surface area contributed by atoms with Gasteiger partial charge in [0.25, 0.3) is 0 Å². The fourth-order valence-electron chi connectivity index (χ4n) is 2.57. The highest BCUT2D eigenvalue weighted by atomic mass is 79.9. The Labute approximate surface area is 154 Å². The number of rotatable bonds is 4. The van der Waals surface area contributed by atoms with E-state index in [4.69, 9.17) is 9.47 Å². The average Bonchev–Trinajstić information content (AvgIpc) is 2.62. The molecule has 1 aliphatic heterocycles. The first kappa shape index (κ1) is 17.2. The zero-order chi connectivity index (χ0) is 17.8. The van der Waals surface area contributed by atoms with Crippen molar-refractivity contribution >= 4 is 33.6 Å². The fraction of sp³-hybridized carbons (Fsp3) is 0.158. The van der Waals surface area contributed by atoms with Gasteiger partial charge in [0.05, 0.1) is 12.7 Å². The van der Waals surface area contributed by atoms with Crippen molar-refractivity contribution in [3.05, 3.63) is 76.4 Å². The van der Waals surface area contributed by atoms with Crippen LogP contribution in [0.15, 0.2) is 70.8 Å². The molecule has 0 fully saturated rings. The van der Waals surface area contributed by atoms with Crippen LogP contribution in [0, 0.1) is 0 Å². The minimum Gasteiger partial charge on any atom is -0.461 e. The first-order chi connectivity index (χ1) is 12.1. The van der Waals surface area contributed by atoms with Gasteiger partial charge in [-0.25, -0.2) is 9.59 Å². The molecule has 0 spiro atoms. The molecule has 0 radical (unpaired) electrons. The van der Waals surface area contributed by atoms with Gasteiger partial charge in [0.1, 0.15) is 5.70 Å². The lowest BCUT2D eigenvalue weighted by molar-refractivity contribution is -0.148. The van der Waals surface area contributed by atoms with Crippen molar-refractivity contribution in [3.8, 4) is 0 Å². The Bertz CT molecular complexity index is 802. The van der Waals surface area contributed by atoms with E-state index in [0.717, 1.165) is 15.7 Å². The number of carbonyl (C=O) groups is 2. The number of carbonyl (C=O) groups excluding carboxylic acids is 2. The summed E-state index contributed by atoms with van der Waals surface area (Å²) in [6, 6.07) is 16.7. The summed E-state index contributed by atoms with van der Waals surface area (Å²) in [6.07, 6.45) is 0.410. The lowest BCUT2D eigenvalue weighted by Crippen LogP contribution is -2.39. The maximum absolute atomic E-state index is 12.4. The molecule has 2 aromatic carbocycles. The molecule has 1 heterocycles. The first-order valence-electron chi connectivity index (χ1n) is 7.79. The first-order valence-corrected chi connectivity index (χ1v) is 8.58. The second-order valence-corrected chi connectivity index (χ2v) is 6.21. The molecule has 0 bridgehead atoms. The number of halogens is 1. The van der Waals surface area contributed by atoms with E-state index in [1.807, 2.05) is 54.6 Å². The summed E-state index contributed by atoms with van der Waals surface area (Å²) >= 11 is 3.39. The average molecular weight is 402 g/mol. The molecule has 0 saturated heterocycles. The Hall–Kier alpha value is -2.60. The Morgan fingerprint density at radius 3 is 2.48 bits per heavy atom. The van der Waals surface area contributed by atoms with Gasteiger partial charge in [-0.1, -0.05) is 46.3 Å². The van der Waals surface area contributed by atoms with Crippen molar-refractivity contribution in [1.29, 1.82) is 0 Å². The molecule has 6 heteroatoms. The van der Waals surface area contributed by atoms with E-state index in [1.54, 1.807) is 11.8 Å². The molecule has 1 aliphatic rings. The van der Waals surface area contributed by atoms with Crippen molar-refractivity contribution < 1.29 is 19.1 Å². The zero-order valence-corrected chi connectivity index (χ0v) is 15.1. The van der Waals surface area contributed by atoms with Crippen LogP contribution in [-0.4, -0.2) is 18.5 Å². The van der Waals surface area contributed by atoms with Gasteiger partial charge in [-0.3, -0.25) is 4.90 Å². The molecule has 128 valence electrons. The number of benzene rings is 2. The van der Waals surface area contributed by atoms with Crippen LogP contribution in [0.5, 0.6) is 0 Å². The molecule has 1 atom stereocenters. The summed E-state index contributed by atoms with van der Waals surface area (Å²) in [7, 11) is 0. The van der Waals surface area contributed by atoms with Gasteiger partial charge < -0.3 is 9.47 Å². The van der Waals surface area contributed by atoms with Crippen molar-refractivity contribution in [2.45, 2.75) is 13.2 Å². The molecule has 2 aromatic rings. The van der Waals surface area contributed by atoms with E-state index in [-0.39, 0.29) is 12.3 Å². The van der Waals surface area contributed by atoms with E-state index in [2.05, 4.69) is 15.9 Å². The maximum Gasteiger partial charge on any atom is 0.355 e. The molecular weight excluding hydrogens is 386 g/mol. The van der Waals surface area contributed by atoms with E-state index in [9.17, 15) is 9.59 Å². The summed E-state index contributed by atoms with van der Waals surface area (Å²) in [5, 5.41) is 0. The Morgan fingerprint density at radius 1 is 1.16 bits per heavy atom. The molecule has 0 N–H and O–H groups in total. The highest BCUT2D eigenvalue weighted by molar-refractivity contribution is 9.10. The topological polar surface area (TPSA) is 55.8 Å². The Kier molecular flexibility index (Phi) is 5.19. The number of para-hydroxylation sites is 1. The molecule has 0 aliphatic carbocycles. The minimum atomic E-state index is -0.757. The third kappa shape index (κ3) is 3.74. The van der Waals surface area contributed by atoms with Crippen LogP contribution >= 0.6 is 15.9 Å². The minimum absolute atomic E-state index is 0.150. The lowest BCUT2D eigenvalue weighted by atomic mass is 10.1. The van der Waals surface area contributed by atoms with E-state index in [0.29, 0.717) is 0 Å². The normalized spacial score (nSPS) is 16.9. The van der Waals surface area contributed by atoms with Crippen LogP contribution in [-0.2, 0) is 19.1 Å². The number of anilines is 1. The summed E-state index contributed by atoms with van der Waals surface area (Å²) < 4.78 is 11.6. The fourth-order valence-corrected chi connectivity index (χ4v) is 2.84. The molecule has 0 saturated carbocycles. The monoisotopic (exact) mass is 401 g/mol. The molecule has 5 nitrogen and oxygen atoms in total. The van der Waals surface area contributed by atoms with Crippen molar-refractivity contribution in [2.75, 3.05) is 11.5 Å². The predicted octanol–water partition coefficient (Wildman–Crippen LogP) is 3.96. The number of hydrogen-bond acceptors (Lipinski definition) is 5. The van der Waals surface area contributed by atoms with Crippen molar-refractivity contribution in [1.82, 2.24) is 0 Å². The molecule has 0 aromatic heterocycles. The summed E-state index contributed by atoms with van der Waals surface area (Å²) in [6.45, 7) is 1.94. The number of hydrogen-bond donors (Lipinski definition) is 0. The number of nitrogens with zero attached hydrogens (tertiary/aromatic N) is 1. The SMILES string of the molecule is CCOC(=O)C1=CC(=O)OC(c2ccc(Br)cc2)N1c1ccccc1. The van der Waals surface area contributed by atoms with Crippen LogP contribution in [0.4, 0.5) is 5.69 Å². The molecule has 25 heavy (non-hydrogen) atoms. The Balaban J connectivity index is 2.09. The van der Waals surface area contributed by atoms with Crippen LogP contribution in [0.1, 0.15) is 18.7 Å². The van der Waals surface area contributed by atoms with Gasteiger partial charge >= 0.3 is 11.9 Å². The zero-order valence-electron chi connectivity index (χ0n) is 13.5. The van der Waals surface area contributed by atoms with Gasteiger partial charge in [-0.05, 0) is 31.2 Å². The highest BCUT2D eigenvalue weighted by Gasteiger charge is 2.35. The van der Waals surface area contributed by atoms with Gasteiger partial charge in [0.15, 0.2) is 0 Å². The number of ether oxygens (including phenoxy) is 2. The molecular formula is C19H16BrNO4. The third-order valence-corrected chi connectivity index (χ3v) is 4.18. The van der Waals surface area contributed by atoms with Gasteiger partial charge in [-0.2, -0.15) is 0 Å². The largest absolute Gasteiger partial charge is 0.461 e. The standard InChI is InChI=1S/C19H16BrNO4/c1-2-24-19(23)16-12-17(22)25-18(13-8-10-14(20)11-9-13)21(16)15-6-4-3-5-7-15/h3-12,18H,2H2,1H3. The number of esters is 2. The van der Waals surface area contributed by atoms with Crippen LogP contribution in [0.2, 0.25) is 0 Å². The van der Waals surface area contributed by atoms with Crippen LogP contribution in [0.25, 0.3) is 0 Å². The van der Waals surface area contributed by atoms with E-state index < -0.39 is 18.2 Å². The quantitative estimate of drug-likeness (QED) is 0.725. The Morgan fingerprint density at radius 2 is 1.84 bits per heavy atom. The highest BCUT2D eigenvalue weighted by Crippen LogP contribution is 2.35. The van der Waals surface area contributed by atoms with Gasteiger partial charge in [0, 0.05) is 15.7 Å². The van der Waals surface area contributed by atoms with E-state index >= 15 is 0 Å².